The molecule has 2 aromatic carbocycles. The highest BCUT2D eigenvalue weighted by atomic mass is 32.2. The molecule has 0 aromatic heterocycles. The quantitative estimate of drug-likeness (QED) is 0.878. The fraction of sp³-hybridized carbons (Fsp3) is 0.176. The number of rotatable bonds is 1. The van der Waals surface area contributed by atoms with E-state index in [1.807, 2.05) is 24.3 Å². The monoisotopic (exact) mass is 295 g/mol. The number of carboxylic acids is 1. The largest absolute Gasteiger partial charge is 0.478 e. The van der Waals surface area contributed by atoms with E-state index in [-0.39, 0.29) is 6.04 Å². The van der Waals surface area contributed by atoms with Crippen molar-refractivity contribution in [2.45, 2.75) is 10.9 Å². The van der Waals surface area contributed by atoms with Gasteiger partial charge in [0.15, 0.2) is 0 Å². The molecule has 1 N–H and O–H groups in total. The summed E-state index contributed by atoms with van der Waals surface area (Å²) in [6.45, 7) is 0. The molecule has 0 amide bonds. The Morgan fingerprint density at radius 3 is 2.95 bits per heavy atom. The molecule has 0 saturated heterocycles. The summed E-state index contributed by atoms with van der Waals surface area (Å²) in [5.41, 5.74) is 1.38. The molecule has 3 nitrogen and oxygen atoms in total. The van der Waals surface area contributed by atoms with Crippen LogP contribution in [0.3, 0.4) is 0 Å². The predicted octanol–water partition coefficient (Wildman–Crippen LogP) is 2.26. The molecule has 2 aliphatic rings. The number of nitrogens with zero attached hydrogens (tertiary/aromatic N) is 1. The van der Waals surface area contributed by atoms with Crippen molar-refractivity contribution < 1.29 is 9.90 Å². The van der Waals surface area contributed by atoms with Crippen LogP contribution in [0.1, 0.15) is 22.0 Å². The first-order valence-electron chi connectivity index (χ1n) is 6.87. The van der Waals surface area contributed by atoms with Gasteiger partial charge in [-0.1, -0.05) is 24.3 Å². The van der Waals surface area contributed by atoms with E-state index < -0.39 is 5.97 Å². The van der Waals surface area contributed by atoms with Gasteiger partial charge >= 0.3 is 5.97 Å². The van der Waals surface area contributed by atoms with Crippen molar-refractivity contribution in [1.82, 2.24) is 0 Å². The van der Waals surface area contributed by atoms with Gasteiger partial charge in [-0.25, -0.2) is 4.79 Å². The van der Waals surface area contributed by atoms with Crippen LogP contribution in [0.2, 0.25) is 0 Å². The fourth-order valence-corrected chi connectivity index (χ4v) is 4.14. The van der Waals surface area contributed by atoms with Crippen LogP contribution in [0, 0.1) is 5.92 Å². The number of fused-ring (bicyclic) bond motifs is 4. The smallest absolute Gasteiger partial charge is 0.335 e. The summed E-state index contributed by atoms with van der Waals surface area (Å²) < 4.78 is 0. The molecule has 2 heterocycles. The maximum Gasteiger partial charge on any atom is 0.335 e. The third-order valence-corrected chi connectivity index (χ3v) is 5.26. The molecule has 2 aromatic rings. The van der Waals surface area contributed by atoms with E-state index in [9.17, 15) is 9.90 Å². The van der Waals surface area contributed by atoms with Gasteiger partial charge in [-0.3, -0.25) is 4.99 Å². The Balaban J connectivity index is 1.90. The van der Waals surface area contributed by atoms with E-state index in [0.29, 0.717) is 11.5 Å². The summed E-state index contributed by atoms with van der Waals surface area (Å²) in [5, 5.41) is 11.4. The number of carbonyl (C=O) groups is 1. The van der Waals surface area contributed by atoms with Crippen molar-refractivity contribution in [3.8, 4) is 0 Å². The number of aromatic carboxylic acids is 1. The Kier molecular flexibility index (Phi) is 2.86. The zero-order valence-corrected chi connectivity index (χ0v) is 12.0. The van der Waals surface area contributed by atoms with Gasteiger partial charge in [-0.2, -0.15) is 0 Å². The van der Waals surface area contributed by atoms with Gasteiger partial charge in [0.1, 0.15) is 0 Å². The van der Waals surface area contributed by atoms with Crippen molar-refractivity contribution in [3.05, 3.63) is 64.2 Å². The third kappa shape index (κ3) is 2.07. The molecule has 2 unspecified atom stereocenters. The summed E-state index contributed by atoms with van der Waals surface area (Å²) in [4.78, 5) is 17.2. The second-order valence-electron chi connectivity index (χ2n) is 5.33. The topological polar surface area (TPSA) is 49.7 Å². The Morgan fingerprint density at radius 2 is 2.10 bits per heavy atom. The van der Waals surface area contributed by atoms with Gasteiger partial charge in [0.05, 0.1) is 17.0 Å². The lowest BCUT2D eigenvalue weighted by Gasteiger charge is -2.30. The maximum atomic E-state index is 11.2. The van der Waals surface area contributed by atoms with Gasteiger partial charge in [-0.15, -0.1) is 11.8 Å². The minimum absolute atomic E-state index is 0.0375. The molecule has 0 aliphatic carbocycles. The molecule has 2 atom stereocenters. The van der Waals surface area contributed by atoms with E-state index in [0.717, 1.165) is 21.6 Å². The van der Waals surface area contributed by atoms with Crippen LogP contribution in [0.25, 0.3) is 6.08 Å². The van der Waals surface area contributed by atoms with Crippen LogP contribution < -0.4 is 10.6 Å². The molecule has 0 radical (unpaired) electrons. The predicted molar refractivity (Wildman–Crippen MR) is 82.0 cm³/mol. The summed E-state index contributed by atoms with van der Waals surface area (Å²) >= 11 is 1.79. The molecule has 2 aliphatic heterocycles. The number of benzene rings is 2. The molecule has 4 heteroatoms. The van der Waals surface area contributed by atoms with Crippen LogP contribution in [0.4, 0.5) is 0 Å². The third-order valence-electron chi connectivity index (χ3n) is 4.02. The van der Waals surface area contributed by atoms with Gasteiger partial charge in [-0.05, 0) is 35.0 Å². The highest BCUT2D eigenvalue weighted by molar-refractivity contribution is 7.99. The van der Waals surface area contributed by atoms with Gasteiger partial charge in [0.2, 0.25) is 0 Å². The number of hydrogen-bond acceptors (Lipinski definition) is 3. The minimum Gasteiger partial charge on any atom is -0.478 e. The lowest BCUT2D eigenvalue weighted by molar-refractivity contribution is 0.0696. The minimum atomic E-state index is -0.884. The summed E-state index contributed by atoms with van der Waals surface area (Å²) in [7, 11) is 0. The fourth-order valence-electron chi connectivity index (χ4n) is 2.98. The number of carboxylic acid groups (broad SMARTS) is 1. The van der Waals surface area contributed by atoms with Crippen LogP contribution in [-0.2, 0) is 0 Å². The van der Waals surface area contributed by atoms with Crippen LogP contribution in [0.5, 0.6) is 0 Å². The van der Waals surface area contributed by atoms with Crippen molar-refractivity contribution in [2.24, 2.45) is 10.9 Å². The first-order chi connectivity index (χ1) is 10.2. The summed E-state index contributed by atoms with van der Waals surface area (Å²) in [6, 6.07) is 13.5. The van der Waals surface area contributed by atoms with Gasteiger partial charge < -0.3 is 5.11 Å². The first-order valence-corrected chi connectivity index (χ1v) is 7.86. The van der Waals surface area contributed by atoms with Crippen LogP contribution in [0.15, 0.2) is 52.4 Å². The second kappa shape index (κ2) is 4.74. The van der Waals surface area contributed by atoms with E-state index in [1.54, 1.807) is 23.9 Å². The Labute approximate surface area is 126 Å². The average Bonchev–Trinajstić information content (AvgIpc) is 2.52. The highest BCUT2D eigenvalue weighted by Crippen LogP contribution is 2.43. The lowest BCUT2D eigenvalue weighted by atomic mass is 9.90. The number of thioether (sulfide) groups is 1. The zero-order valence-electron chi connectivity index (χ0n) is 11.2. The van der Waals surface area contributed by atoms with Crippen LogP contribution >= 0.6 is 11.8 Å². The second-order valence-corrected chi connectivity index (χ2v) is 6.39. The van der Waals surface area contributed by atoms with E-state index in [1.165, 1.54) is 5.22 Å². The van der Waals surface area contributed by atoms with E-state index in [2.05, 4.69) is 12.1 Å². The molecule has 4 rings (SSSR count). The summed E-state index contributed by atoms with van der Waals surface area (Å²) in [5.74, 6) is 0.439. The molecule has 0 saturated carbocycles. The van der Waals surface area contributed by atoms with Gasteiger partial charge in [0, 0.05) is 16.6 Å². The molecule has 0 spiro atoms. The zero-order chi connectivity index (χ0) is 14.4. The molecule has 0 bridgehead atoms. The van der Waals surface area contributed by atoms with Crippen molar-refractivity contribution in [1.29, 1.82) is 0 Å². The standard InChI is InChI=1S/C17H13NO2S/c19-17(20)11-5-6-15-13(8-11)16-12(9-21-15)7-10-3-1-2-4-14(10)18-16/h1-8,12,16H,9H2,(H,19,20). The Hall–Kier alpha value is -2.07. The van der Waals surface area contributed by atoms with Gasteiger partial charge in [0.25, 0.3) is 0 Å². The van der Waals surface area contributed by atoms with Crippen molar-refractivity contribution in [3.63, 3.8) is 0 Å². The Bertz CT molecular complexity index is 859. The maximum absolute atomic E-state index is 11.2. The lowest BCUT2D eigenvalue weighted by Crippen LogP contribution is -2.34. The molecular formula is C17H13NO2S. The molecule has 0 fully saturated rings. The van der Waals surface area contributed by atoms with Crippen molar-refractivity contribution in [2.75, 3.05) is 5.75 Å². The van der Waals surface area contributed by atoms with E-state index >= 15 is 0 Å². The normalized spacial score (nSPS) is 22.1. The molecule has 104 valence electrons. The average molecular weight is 295 g/mol. The summed E-state index contributed by atoms with van der Waals surface area (Å²) in [6.07, 6.45) is 2.27. The number of hydrogen-bond donors (Lipinski definition) is 1. The molecule has 21 heavy (non-hydrogen) atoms. The van der Waals surface area contributed by atoms with E-state index in [4.69, 9.17) is 4.99 Å². The SMILES string of the molecule is O=C(O)c1ccc2c(c1)C1N=c3ccccc3=CC1CS2. The highest BCUT2D eigenvalue weighted by Gasteiger charge is 2.30. The van der Waals surface area contributed by atoms with Crippen LogP contribution in [-0.4, -0.2) is 16.8 Å². The van der Waals surface area contributed by atoms with Crippen molar-refractivity contribution >= 4 is 23.8 Å². The first kappa shape index (κ1) is 12.7. The number of para-hydroxylation sites is 1. The Morgan fingerprint density at radius 1 is 1.24 bits per heavy atom. The molecular weight excluding hydrogens is 282 g/mol.